The number of hydrogen-bond donors (Lipinski definition) is 3. The number of nitrogens with zero attached hydrogens (tertiary/aromatic N) is 2. The Morgan fingerprint density at radius 3 is 2.28 bits per heavy atom. The van der Waals surface area contributed by atoms with Crippen LogP contribution in [0.15, 0.2) is 60.9 Å². The molecule has 29 heavy (non-hydrogen) atoms. The number of ether oxygens (including phenoxy) is 1. The Hall–Kier alpha value is -3.94. The Balaban J connectivity index is 1.58. The van der Waals surface area contributed by atoms with Crippen LogP contribution >= 0.6 is 0 Å². The highest BCUT2D eigenvalue weighted by molar-refractivity contribution is 5.93. The van der Waals surface area contributed by atoms with Crippen molar-refractivity contribution < 1.29 is 14.3 Å². The van der Waals surface area contributed by atoms with Crippen LogP contribution in [0.5, 0.6) is 5.75 Å². The average Bonchev–Trinajstić information content (AvgIpc) is 2.74. The van der Waals surface area contributed by atoms with Crippen LogP contribution in [0.4, 0.5) is 17.3 Å². The zero-order chi connectivity index (χ0) is 20.6. The number of anilines is 3. The number of para-hydroxylation sites is 1. The molecular weight excluding hydrogens is 370 g/mol. The highest BCUT2D eigenvalue weighted by Crippen LogP contribution is 2.18. The van der Waals surface area contributed by atoms with Gasteiger partial charge in [-0.3, -0.25) is 9.59 Å². The number of benzene rings is 2. The van der Waals surface area contributed by atoms with Crippen LogP contribution in [-0.2, 0) is 11.3 Å². The summed E-state index contributed by atoms with van der Waals surface area (Å²) in [6, 6.07) is 14.6. The number of methoxy groups -OCH3 is 1. The average molecular weight is 391 g/mol. The molecule has 8 nitrogen and oxygen atoms in total. The molecule has 0 aliphatic carbocycles. The monoisotopic (exact) mass is 391 g/mol. The van der Waals surface area contributed by atoms with E-state index in [4.69, 9.17) is 4.74 Å². The van der Waals surface area contributed by atoms with Gasteiger partial charge in [-0.05, 0) is 30.3 Å². The lowest BCUT2D eigenvalue weighted by molar-refractivity contribution is -0.114. The Morgan fingerprint density at radius 1 is 0.966 bits per heavy atom. The van der Waals surface area contributed by atoms with Crippen LogP contribution in [-0.4, -0.2) is 28.9 Å². The summed E-state index contributed by atoms with van der Waals surface area (Å²) in [6.45, 7) is 1.79. The third kappa shape index (κ3) is 5.52. The number of carbonyl (C=O) groups is 2. The Labute approximate surface area is 168 Å². The summed E-state index contributed by atoms with van der Waals surface area (Å²) < 4.78 is 5.28. The predicted molar refractivity (Wildman–Crippen MR) is 110 cm³/mol. The molecule has 0 aliphatic rings. The number of aromatic nitrogens is 2. The molecule has 148 valence electrons. The van der Waals surface area contributed by atoms with E-state index >= 15 is 0 Å². The molecule has 1 heterocycles. The molecule has 3 rings (SSSR count). The van der Waals surface area contributed by atoms with Crippen LogP contribution < -0.4 is 20.7 Å². The van der Waals surface area contributed by atoms with Gasteiger partial charge in [0.2, 0.25) is 11.9 Å². The second-order valence-corrected chi connectivity index (χ2v) is 6.17. The molecule has 0 aliphatic heterocycles. The molecular formula is C21H21N5O3. The summed E-state index contributed by atoms with van der Waals surface area (Å²) in [4.78, 5) is 31.7. The van der Waals surface area contributed by atoms with E-state index in [0.29, 0.717) is 29.5 Å². The first kappa shape index (κ1) is 19.8. The second kappa shape index (κ2) is 9.32. The van der Waals surface area contributed by atoms with Crippen LogP contribution in [0.2, 0.25) is 0 Å². The van der Waals surface area contributed by atoms with Gasteiger partial charge in [0.05, 0.1) is 12.7 Å². The van der Waals surface area contributed by atoms with Gasteiger partial charge in [-0.25, -0.2) is 9.97 Å². The van der Waals surface area contributed by atoms with E-state index in [1.165, 1.54) is 19.3 Å². The minimum absolute atomic E-state index is 0.131. The molecule has 2 aromatic carbocycles. The molecule has 0 spiro atoms. The molecule has 0 bridgehead atoms. The Kier molecular flexibility index (Phi) is 6.36. The summed E-state index contributed by atoms with van der Waals surface area (Å²) >= 11 is 0. The molecule has 0 saturated carbocycles. The molecule has 0 saturated heterocycles. The van der Waals surface area contributed by atoms with Crippen LogP contribution in [0, 0.1) is 0 Å². The van der Waals surface area contributed by atoms with Crippen LogP contribution in [0.1, 0.15) is 22.8 Å². The van der Waals surface area contributed by atoms with Gasteiger partial charge < -0.3 is 20.7 Å². The van der Waals surface area contributed by atoms with Crippen molar-refractivity contribution in [1.82, 2.24) is 15.3 Å². The summed E-state index contributed by atoms with van der Waals surface area (Å²) in [5, 5.41) is 8.56. The molecule has 3 aromatic rings. The topological polar surface area (TPSA) is 105 Å². The fourth-order valence-electron chi connectivity index (χ4n) is 2.61. The highest BCUT2D eigenvalue weighted by Gasteiger charge is 2.09. The maximum absolute atomic E-state index is 12.3. The third-order valence-electron chi connectivity index (χ3n) is 4.01. The van der Waals surface area contributed by atoms with Crippen molar-refractivity contribution in [3.63, 3.8) is 0 Å². The van der Waals surface area contributed by atoms with E-state index in [1.807, 2.05) is 24.3 Å². The van der Waals surface area contributed by atoms with E-state index < -0.39 is 0 Å². The van der Waals surface area contributed by atoms with Gasteiger partial charge in [0.1, 0.15) is 5.75 Å². The van der Waals surface area contributed by atoms with Crippen molar-refractivity contribution in [3.05, 3.63) is 72.1 Å². The molecule has 3 N–H and O–H groups in total. The first-order valence-electron chi connectivity index (χ1n) is 8.92. The minimum atomic E-state index is -0.276. The molecule has 0 unspecified atom stereocenters. The lowest BCUT2D eigenvalue weighted by Crippen LogP contribution is -2.23. The molecule has 1 aromatic heterocycles. The first-order chi connectivity index (χ1) is 14.0. The lowest BCUT2D eigenvalue weighted by Gasteiger charge is -2.10. The summed E-state index contributed by atoms with van der Waals surface area (Å²) in [5.41, 5.74) is 2.69. The van der Waals surface area contributed by atoms with Crippen molar-refractivity contribution >= 4 is 29.1 Å². The van der Waals surface area contributed by atoms with E-state index in [0.717, 1.165) is 11.3 Å². The number of nitrogens with one attached hydrogen (secondary N) is 3. The first-order valence-corrected chi connectivity index (χ1v) is 8.92. The highest BCUT2D eigenvalue weighted by atomic mass is 16.5. The number of amides is 2. The van der Waals surface area contributed by atoms with Gasteiger partial charge >= 0.3 is 0 Å². The largest absolute Gasteiger partial charge is 0.496 e. The standard InChI is InChI=1S/C21H21N5O3/c1-14(27)25-17-7-9-18(10-8-17)26-21-23-12-16(13-24-21)20(28)22-11-15-5-3-4-6-19(15)29-2/h3-10,12-13H,11H2,1-2H3,(H,22,28)(H,25,27)(H,23,24,26). The van der Waals surface area contributed by atoms with Gasteiger partial charge in [-0.2, -0.15) is 0 Å². The van der Waals surface area contributed by atoms with Crippen molar-refractivity contribution in [2.24, 2.45) is 0 Å². The van der Waals surface area contributed by atoms with E-state index in [9.17, 15) is 9.59 Å². The van der Waals surface area contributed by atoms with E-state index in [2.05, 4.69) is 25.9 Å². The van der Waals surface area contributed by atoms with Gasteiger partial charge in [0.25, 0.3) is 5.91 Å². The van der Waals surface area contributed by atoms with Gasteiger partial charge in [-0.1, -0.05) is 18.2 Å². The number of carbonyl (C=O) groups excluding carboxylic acids is 2. The number of rotatable bonds is 7. The zero-order valence-electron chi connectivity index (χ0n) is 16.1. The fraction of sp³-hybridized carbons (Fsp3) is 0.143. The summed E-state index contributed by atoms with van der Waals surface area (Å²) in [7, 11) is 1.59. The van der Waals surface area contributed by atoms with Crippen molar-refractivity contribution in [3.8, 4) is 5.75 Å². The maximum atomic E-state index is 12.3. The van der Waals surface area contributed by atoms with Crippen molar-refractivity contribution in [2.75, 3.05) is 17.7 Å². The summed E-state index contributed by atoms with van der Waals surface area (Å²) in [5.74, 6) is 0.669. The van der Waals surface area contributed by atoms with Crippen LogP contribution in [0.3, 0.4) is 0 Å². The SMILES string of the molecule is COc1ccccc1CNC(=O)c1cnc(Nc2ccc(NC(C)=O)cc2)nc1. The second-order valence-electron chi connectivity index (χ2n) is 6.17. The van der Waals surface area contributed by atoms with Crippen molar-refractivity contribution in [1.29, 1.82) is 0 Å². The molecule has 0 fully saturated rings. The molecule has 2 amide bonds. The zero-order valence-corrected chi connectivity index (χ0v) is 16.1. The fourth-order valence-corrected chi connectivity index (χ4v) is 2.61. The van der Waals surface area contributed by atoms with E-state index in [-0.39, 0.29) is 11.8 Å². The van der Waals surface area contributed by atoms with E-state index in [1.54, 1.807) is 31.4 Å². The Bertz CT molecular complexity index is 988. The molecule has 0 atom stereocenters. The van der Waals surface area contributed by atoms with Crippen molar-refractivity contribution in [2.45, 2.75) is 13.5 Å². The molecule has 0 radical (unpaired) electrons. The minimum Gasteiger partial charge on any atom is -0.496 e. The molecule has 8 heteroatoms. The normalized spacial score (nSPS) is 10.1. The van der Waals surface area contributed by atoms with Gasteiger partial charge in [0, 0.05) is 42.8 Å². The third-order valence-corrected chi connectivity index (χ3v) is 4.01. The number of hydrogen-bond acceptors (Lipinski definition) is 6. The predicted octanol–water partition coefficient (Wildman–Crippen LogP) is 3.12. The van der Waals surface area contributed by atoms with Gasteiger partial charge in [0.15, 0.2) is 0 Å². The smallest absolute Gasteiger partial charge is 0.254 e. The van der Waals surface area contributed by atoms with Gasteiger partial charge in [-0.15, -0.1) is 0 Å². The quantitative estimate of drug-likeness (QED) is 0.572. The Morgan fingerprint density at radius 2 is 1.62 bits per heavy atom. The van der Waals surface area contributed by atoms with Crippen LogP contribution in [0.25, 0.3) is 0 Å². The maximum Gasteiger partial charge on any atom is 0.254 e. The summed E-state index contributed by atoms with van der Waals surface area (Å²) in [6.07, 6.45) is 2.91. The lowest BCUT2D eigenvalue weighted by atomic mass is 10.2.